The van der Waals surface area contributed by atoms with Gasteiger partial charge in [0.05, 0.1) is 33.0 Å². The Bertz CT molecular complexity index is 714. The second kappa shape index (κ2) is 9.64. The first kappa shape index (κ1) is 21.6. The molecule has 1 aromatic carbocycles. The van der Waals surface area contributed by atoms with Gasteiger partial charge in [0.1, 0.15) is 5.75 Å². The number of ether oxygens (including phenoxy) is 2. The maximum absolute atomic E-state index is 12.7. The Hall–Kier alpha value is -1.67. The van der Waals surface area contributed by atoms with Crippen LogP contribution in [0.3, 0.4) is 0 Å². The quantitative estimate of drug-likeness (QED) is 0.777. The molecule has 3 fully saturated rings. The van der Waals surface area contributed by atoms with E-state index in [1.54, 1.807) is 7.11 Å². The molecule has 7 heteroatoms. The zero-order valence-electron chi connectivity index (χ0n) is 18.1. The Labute approximate surface area is 179 Å². The van der Waals surface area contributed by atoms with Crippen LogP contribution in [0.15, 0.2) is 24.3 Å². The van der Waals surface area contributed by atoms with Gasteiger partial charge in [-0.1, -0.05) is 12.1 Å². The van der Waals surface area contributed by atoms with Gasteiger partial charge in [-0.2, -0.15) is 0 Å². The standard InChI is InChI=1S/C23H35N3O4/c1-29-21-4-2-3-19(13-21)15-25-16-20(27)14-23(18-25)5-7-26(8-6-23)22(28)17-24-9-11-30-12-10-24/h2-4,13,20,27H,5-12,14-18H2,1H3. The minimum Gasteiger partial charge on any atom is -0.497 e. The smallest absolute Gasteiger partial charge is 0.236 e. The Kier molecular flexibility index (Phi) is 6.93. The van der Waals surface area contributed by atoms with Crippen LogP contribution in [0, 0.1) is 5.41 Å². The lowest BCUT2D eigenvalue weighted by molar-refractivity contribution is -0.137. The summed E-state index contributed by atoms with van der Waals surface area (Å²) in [6, 6.07) is 8.16. The lowest BCUT2D eigenvalue weighted by atomic mass is 9.71. The molecule has 1 unspecified atom stereocenters. The molecule has 30 heavy (non-hydrogen) atoms. The Balaban J connectivity index is 1.32. The number of β-amino-alcohol motifs (C(OH)–C–C–N with tert-alkyl or cyclic N) is 1. The minimum absolute atomic E-state index is 0.103. The van der Waals surface area contributed by atoms with Crippen LogP contribution in [-0.2, 0) is 16.1 Å². The van der Waals surface area contributed by atoms with E-state index >= 15 is 0 Å². The van der Waals surface area contributed by atoms with E-state index in [9.17, 15) is 9.90 Å². The summed E-state index contributed by atoms with van der Waals surface area (Å²) in [7, 11) is 1.69. The van der Waals surface area contributed by atoms with E-state index in [1.807, 2.05) is 17.0 Å². The van der Waals surface area contributed by atoms with E-state index in [-0.39, 0.29) is 17.4 Å². The largest absolute Gasteiger partial charge is 0.497 e. The first-order valence-electron chi connectivity index (χ1n) is 11.2. The van der Waals surface area contributed by atoms with Crippen molar-refractivity contribution in [1.82, 2.24) is 14.7 Å². The van der Waals surface area contributed by atoms with Crippen LogP contribution in [0.5, 0.6) is 5.75 Å². The van der Waals surface area contributed by atoms with Crippen LogP contribution < -0.4 is 4.74 Å². The number of rotatable bonds is 5. The number of carbonyl (C=O) groups excluding carboxylic acids is 1. The van der Waals surface area contributed by atoms with Crippen LogP contribution in [0.4, 0.5) is 0 Å². The topological polar surface area (TPSA) is 65.5 Å². The average molecular weight is 418 g/mol. The third-order valence-electron chi connectivity index (χ3n) is 6.88. The fourth-order valence-corrected chi connectivity index (χ4v) is 5.26. The number of nitrogens with zero attached hydrogens (tertiary/aromatic N) is 3. The number of carbonyl (C=O) groups is 1. The average Bonchev–Trinajstić information content (AvgIpc) is 2.74. The molecular formula is C23H35N3O4. The van der Waals surface area contributed by atoms with Crippen LogP contribution in [0.2, 0.25) is 0 Å². The molecule has 4 rings (SSSR count). The number of methoxy groups -OCH3 is 1. The summed E-state index contributed by atoms with van der Waals surface area (Å²) in [5.74, 6) is 1.10. The predicted octanol–water partition coefficient (Wildman–Crippen LogP) is 1.20. The van der Waals surface area contributed by atoms with Crippen molar-refractivity contribution in [2.24, 2.45) is 5.41 Å². The van der Waals surface area contributed by atoms with Gasteiger partial charge in [0.25, 0.3) is 0 Å². The van der Waals surface area contributed by atoms with Gasteiger partial charge in [-0.25, -0.2) is 0 Å². The van der Waals surface area contributed by atoms with Crippen LogP contribution in [0.1, 0.15) is 24.8 Å². The van der Waals surface area contributed by atoms with E-state index in [2.05, 4.69) is 21.9 Å². The number of aliphatic hydroxyl groups is 1. The molecule has 3 aliphatic heterocycles. The normalized spacial score (nSPS) is 25.4. The molecule has 0 aromatic heterocycles. The first-order chi connectivity index (χ1) is 14.5. The third-order valence-corrected chi connectivity index (χ3v) is 6.88. The molecule has 0 bridgehead atoms. The molecule has 1 N–H and O–H groups in total. The highest BCUT2D eigenvalue weighted by Crippen LogP contribution is 2.40. The highest BCUT2D eigenvalue weighted by molar-refractivity contribution is 5.78. The highest BCUT2D eigenvalue weighted by atomic mass is 16.5. The van der Waals surface area contributed by atoms with Crippen LogP contribution in [-0.4, -0.2) is 98.0 Å². The molecule has 3 heterocycles. The maximum Gasteiger partial charge on any atom is 0.236 e. The lowest BCUT2D eigenvalue weighted by Crippen LogP contribution is -2.55. The van der Waals surface area contributed by atoms with Crippen molar-refractivity contribution >= 4 is 5.91 Å². The zero-order valence-corrected chi connectivity index (χ0v) is 18.1. The van der Waals surface area contributed by atoms with Crippen molar-refractivity contribution in [3.63, 3.8) is 0 Å². The summed E-state index contributed by atoms with van der Waals surface area (Å²) in [5, 5.41) is 10.6. The molecule has 0 saturated carbocycles. The molecule has 1 spiro atoms. The molecule has 1 aromatic rings. The fraction of sp³-hybridized carbons (Fsp3) is 0.696. The van der Waals surface area contributed by atoms with Crippen molar-refractivity contribution in [2.45, 2.75) is 31.9 Å². The second-order valence-electron chi connectivity index (χ2n) is 9.15. The monoisotopic (exact) mass is 417 g/mol. The third kappa shape index (κ3) is 5.32. The Morgan fingerprint density at radius 1 is 1.20 bits per heavy atom. The van der Waals surface area contributed by atoms with E-state index in [1.165, 1.54) is 5.56 Å². The summed E-state index contributed by atoms with van der Waals surface area (Å²) in [6.07, 6.45) is 2.47. The Morgan fingerprint density at radius 2 is 1.97 bits per heavy atom. The molecular weight excluding hydrogens is 382 g/mol. The van der Waals surface area contributed by atoms with Crippen molar-refractivity contribution in [2.75, 3.05) is 66.1 Å². The van der Waals surface area contributed by atoms with Crippen molar-refractivity contribution in [3.8, 4) is 5.75 Å². The summed E-state index contributed by atoms with van der Waals surface area (Å²) in [6.45, 7) is 7.71. The lowest BCUT2D eigenvalue weighted by Gasteiger charge is -2.49. The SMILES string of the molecule is COc1cccc(CN2CC(O)CC3(CCN(C(=O)CN4CCOCC4)CC3)C2)c1. The van der Waals surface area contributed by atoms with Gasteiger partial charge < -0.3 is 19.5 Å². The number of aliphatic hydroxyl groups excluding tert-OH is 1. The van der Waals surface area contributed by atoms with Gasteiger partial charge in [-0.15, -0.1) is 0 Å². The molecule has 3 saturated heterocycles. The molecule has 166 valence electrons. The number of benzene rings is 1. The molecule has 0 radical (unpaired) electrons. The van der Waals surface area contributed by atoms with Gasteiger partial charge in [-0.05, 0) is 42.4 Å². The maximum atomic E-state index is 12.7. The summed E-state index contributed by atoms with van der Waals surface area (Å²) in [5.41, 5.74) is 1.31. The molecule has 7 nitrogen and oxygen atoms in total. The summed E-state index contributed by atoms with van der Waals surface area (Å²) < 4.78 is 10.7. The van der Waals surface area contributed by atoms with Gasteiger partial charge in [0, 0.05) is 45.8 Å². The highest BCUT2D eigenvalue weighted by Gasteiger charge is 2.42. The minimum atomic E-state index is -0.306. The van der Waals surface area contributed by atoms with Crippen LogP contribution >= 0.6 is 0 Å². The zero-order chi connectivity index (χ0) is 21.0. The van der Waals surface area contributed by atoms with E-state index in [0.29, 0.717) is 13.1 Å². The van der Waals surface area contributed by atoms with Gasteiger partial charge in [0.15, 0.2) is 0 Å². The van der Waals surface area contributed by atoms with E-state index in [0.717, 1.165) is 77.5 Å². The summed E-state index contributed by atoms with van der Waals surface area (Å²) in [4.78, 5) is 19.3. The van der Waals surface area contributed by atoms with Crippen LogP contribution in [0.25, 0.3) is 0 Å². The summed E-state index contributed by atoms with van der Waals surface area (Å²) >= 11 is 0. The van der Waals surface area contributed by atoms with Crippen molar-refractivity contribution < 1.29 is 19.4 Å². The number of morpholine rings is 1. The van der Waals surface area contributed by atoms with Crippen molar-refractivity contribution in [3.05, 3.63) is 29.8 Å². The number of hydrogen-bond acceptors (Lipinski definition) is 6. The number of likely N-dealkylation sites (tertiary alicyclic amines) is 2. The molecule has 1 atom stereocenters. The Morgan fingerprint density at radius 3 is 2.70 bits per heavy atom. The molecule has 0 aliphatic carbocycles. The van der Waals surface area contributed by atoms with Gasteiger partial charge >= 0.3 is 0 Å². The molecule has 1 amide bonds. The molecule has 3 aliphatic rings. The number of hydrogen-bond donors (Lipinski definition) is 1. The van der Waals surface area contributed by atoms with E-state index in [4.69, 9.17) is 9.47 Å². The number of piperidine rings is 2. The number of amides is 1. The predicted molar refractivity (Wildman–Crippen MR) is 114 cm³/mol. The second-order valence-corrected chi connectivity index (χ2v) is 9.15. The fourth-order valence-electron chi connectivity index (χ4n) is 5.26. The van der Waals surface area contributed by atoms with Gasteiger partial charge in [0.2, 0.25) is 5.91 Å². The van der Waals surface area contributed by atoms with Gasteiger partial charge in [-0.3, -0.25) is 14.6 Å². The van der Waals surface area contributed by atoms with Crippen molar-refractivity contribution in [1.29, 1.82) is 0 Å². The van der Waals surface area contributed by atoms with E-state index < -0.39 is 0 Å². The first-order valence-corrected chi connectivity index (χ1v) is 11.2.